The largest absolute Gasteiger partial charge is 0.497 e. The second-order valence-corrected chi connectivity index (χ2v) is 3.73. The third-order valence-corrected chi connectivity index (χ3v) is 2.84. The molecule has 0 bridgehead atoms. The molecule has 0 aromatic heterocycles. The number of ether oxygens (including phenoxy) is 1. The highest BCUT2D eigenvalue weighted by molar-refractivity contribution is 5.27. The summed E-state index contributed by atoms with van der Waals surface area (Å²) in [5, 5.41) is 0. The molecule has 0 fully saturated rings. The maximum Gasteiger partial charge on any atom is 0.118 e. The number of hydrogen-bond donors (Lipinski definition) is 0. The topological polar surface area (TPSA) is 9.23 Å². The van der Waals surface area contributed by atoms with E-state index >= 15 is 0 Å². The zero-order valence-electron chi connectivity index (χ0n) is 9.42. The number of benzene rings is 1. The summed E-state index contributed by atoms with van der Waals surface area (Å²) in [6.45, 7) is 4.52. The molecular formula is C13H20O. The van der Waals surface area contributed by atoms with E-state index in [4.69, 9.17) is 4.74 Å². The van der Waals surface area contributed by atoms with E-state index in [1.54, 1.807) is 7.11 Å². The first-order valence-electron chi connectivity index (χ1n) is 5.43. The zero-order valence-corrected chi connectivity index (χ0v) is 9.42. The van der Waals surface area contributed by atoms with Crippen molar-refractivity contribution in [1.82, 2.24) is 0 Å². The summed E-state index contributed by atoms with van der Waals surface area (Å²) in [7, 11) is 1.70. The molecule has 0 atom stereocenters. The van der Waals surface area contributed by atoms with E-state index in [1.165, 1.54) is 24.8 Å². The van der Waals surface area contributed by atoms with E-state index in [-0.39, 0.29) is 0 Å². The smallest absolute Gasteiger partial charge is 0.118 e. The van der Waals surface area contributed by atoms with Crippen LogP contribution in [-0.4, -0.2) is 7.11 Å². The second kappa shape index (κ2) is 5.69. The Balaban J connectivity index is 2.58. The molecule has 0 aliphatic carbocycles. The summed E-state index contributed by atoms with van der Waals surface area (Å²) >= 11 is 0. The van der Waals surface area contributed by atoms with Crippen LogP contribution in [-0.2, 0) is 6.42 Å². The Bertz CT molecular complexity index is 246. The maximum absolute atomic E-state index is 5.13. The third kappa shape index (κ3) is 3.06. The van der Waals surface area contributed by atoms with Gasteiger partial charge in [0.05, 0.1) is 7.11 Å². The van der Waals surface area contributed by atoms with Crippen molar-refractivity contribution in [2.24, 2.45) is 5.92 Å². The predicted molar refractivity (Wildman–Crippen MR) is 60.8 cm³/mol. The average molecular weight is 192 g/mol. The summed E-state index contributed by atoms with van der Waals surface area (Å²) in [5.41, 5.74) is 1.42. The normalized spacial score (nSPS) is 10.6. The fraction of sp³-hybridized carbons (Fsp3) is 0.538. The van der Waals surface area contributed by atoms with E-state index in [0.29, 0.717) is 0 Å². The van der Waals surface area contributed by atoms with Crippen LogP contribution in [0, 0.1) is 5.92 Å². The van der Waals surface area contributed by atoms with Gasteiger partial charge in [0.25, 0.3) is 0 Å². The minimum Gasteiger partial charge on any atom is -0.497 e. The summed E-state index contributed by atoms with van der Waals surface area (Å²) in [6.07, 6.45) is 3.72. The maximum atomic E-state index is 5.13. The van der Waals surface area contributed by atoms with E-state index in [0.717, 1.165) is 11.7 Å². The Labute approximate surface area is 87.1 Å². The minimum absolute atomic E-state index is 0.823. The van der Waals surface area contributed by atoms with Crippen molar-refractivity contribution in [3.8, 4) is 5.75 Å². The van der Waals surface area contributed by atoms with Gasteiger partial charge in [-0.15, -0.1) is 0 Å². The van der Waals surface area contributed by atoms with E-state index < -0.39 is 0 Å². The van der Waals surface area contributed by atoms with E-state index in [2.05, 4.69) is 26.0 Å². The molecule has 1 nitrogen and oxygen atoms in total. The number of methoxy groups -OCH3 is 1. The monoisotopic (exact) mass is 192 g/mol. The molecule has 0 aliphatic heterocycles. The lowest BCUT2D eigenvalue weighted by atomic mass is 9.95. The fourth-order valence-electron chi connectivity index (χ4n) is 1.67. The van der Waals surface area contributed by atoms with Gasteiger partial charge in [-0.05, 0) is 30.0 Å². The molecular weight excluding hydrogens is 172 g/mol. The van der Waals surface area contributed by atoms with Crippen molar-refractivity contribution >= 4 is 0 Å². The predicted octanol–water partition coefficient (Wildman–Crippen LogP) is 3.67. The van der Waals surface area contributed by atoms with Crippen LogP contribution in [0.1, 0.15) is 32.3 Å². The molecule has 0 aliphatic rings. The van der Waals surface area contributed by atoms with Crippen molar-refractivity contribution in [2.75, 3.05) is 7.11 Å². The molecule has 0 heterocycles. The highest BCUT2D eigenvalue weighted by Gasteiger charge is 2.04. The molecule has 1 heteroatoms. The Morgan fingerprint density at radius 3 is 2.07 bits per heavy atom. The van der Waals surface area contributed by atoms with Gasteiger partial charge in [-0.1, -0.05) is 38.8 Å². The van der Waals surface area contributed by atoms with Crippen LogP contribution in [0.2, 0.25) is 0 Å². The van der Waals surface area contributed by atoms with Crippen molar-refractivity contribution in [3.63, 3.8) is 0 Å². The molecule has 14 heavy (non-hydrogen) atoms. The fourth-order valence-corrected chi connectivity index (χ4v) is 1.67. The Kier molecular flexibility index (Phi) is 4.51. The first kappa shape index (κ1) is 11.1. The van der Waals surface area contributed by atoms with Gasteiger partial charge in [0, 0.05) is 0 Å². The van der Waals surface area contributed by atoms with Gasteiger partial charge in [-0.3, -0.25) is 0 Å². The first-order chi connectivity index (χ1) is 6.80. The Morgan fingerprint density at radius 1 is 1.07 bits per heavy atom. The summed E-state index contributed by atoms with van der Waals surface area (Å²) in [5.74, 6) is 1.77. The second-order valence-electron chi connectivity index (χ2n) is 3.73. The summed E-state index contributed by atoms with van der Waals surface area (Å²) in [4.78, 5) is 0. The molecule has 1 aromatic rings. The quantitative estimate of drug-likeness (QED) is 0.691. The highest BCUT2D eigenvalue weighted by atomic mass is 16.5. The molecule has 0 saturated heterocycles. The number of hydrogen-bond acceptors (Lipinski definition) is 1. The van der Waals surface area contributed by atoms with Gasteiger partial charge in [-0.2, -0.15) is 0 Å². The summed E-state index contributed by atoms with van der Waals surface area (Å²) in [6, 6.07) is 8.41. The molecule has 1 aromatic carbocycles. The van der Waals surface area contributed by atoms with Gasteiger partial charge < -0.3 is 4.74 Å². The SMILES string of the molecule is CCC(CC)Cc1ccc(OC)cc1. The van der Waals surface area contributed by atoms with Gasteiger partial charge in [0.15, 0.2) is 0 Å². The van der Waals surface area contributed by atoms with Crippen molar-refractivity contribution in [1.29, 1.82) is 0 Å². The molecule has 0 N–H and O–H groups in total. The standard InChI is InChI=1S/C13H20O/c1-4-11(5-2)10-12-6-8-13(14-3)9-7-12/h6-9,11H,4-5,10H2,1-3H3. The molecule has 78 valence electrons. The van der Waals surface area contributed by atoms with Crippen LogP contribution in [0.3, 0.4) is 0 Å². The Hall–Kier alpha value is -0.980. The minimum atomic E-state index is 0.823. The molecule has 0 radical (unpaired) electrons. The van der Waals surface area contributed by atoms with E-state index in [1.807, 2.05) is 12.1 Å². The number of rotatable bonds is 5. The van der Waals surface area contributed by atoms with Gasteiger partial charge >= 0.3 is 0 Å². The molecule has 0 spiro atoms. The first-order valence-corrected chi connectivity index (χ1v) is 5.43. The Morgan fingerprint density at radius 2 is 1.64 bits per heavy atom. The molecule has 0 unspecified atom stereocenters. The van der Waals surface area contributed by atoms with Crippen LogP contribution < -0.4 is 4.74 Å². The lowest BCUT2D eigenvalue weighted by Crippen LogP contribution is -2.01. The van der Waals surface area contributed by atoms with Crippen LogP contribution >= 0.6 is 0 Å². The zero-order chi connectivity index (χ0) is 10.4. The lowest BCUT2D eigenvalue weighted by Gasteiger charge is -2.12. The molecule has 0 saturated carbocycles. The summed E-state index contributed by atoms with van der Waals surface area (Å²) < 4.78 is 5.13. The average Bonchev–Trinajstić information content (AvgIpc) is 2.26. The van der Waals surface area contributed by atoms with Gasteiger partial charge in [0.1, 0.15) is 5.75 Å². The molecule has 0 amide bonds. The lowest BCUT2D eigenvalue weighted by molar-refractivity contribution is 0.414. The van der Waals surface area contributed by atoms with Crippen LogP contribution in [0.5, 0.6) is 5.75 Å². The van der Waals surface area contributed by atoms with Crippen molar-refractivity contribution in [2.45, 2.75) is 33.1 Å². The van der Waals surface area contributed by atoms with Gasteiger partial charge in [-0.25, -0.2) is 0 Å². The highest BCUT2D eigenvalue weighted by Crippen LogP contribution is 2.18. The van der Waals surface area contributed by atoms with E-state index in [9.17, 15) is 0 Å². The van der Waals surface area contributed by atoms with Gasteiger partial charge in [0.2, 0.25) is 0 Å². The van der Waals surface area contributed by atoms with Crippen LogP contribution in [0.15, 0.2) is 24.3 Å². The van der Waals surface area contributed by atoms with Crippen molar-refractivity contribution < 1.29 is 4.74 Å². The molecule has 1 rings (SSSR count). The van der Waals surface area contributed by atoms with Crippen LogP contribution in [0.25, 0.3) is 0 Å². The van der Waals surface area contributed by atoms with Crippen molar-refractivity contribution in [3.05, 3.63) is 29.8 Å². The van der Waals surface area contributed by atoms with Crippen LogP contribution in [0.4, 0.5) is 0 Å². The third-order valence-electron chi connectivity index (χ3n) is 2.84.